The molecule has 1 unspecified atom stereocenters. The Morgan fingerprint density at radius 3 is 2.94 bits per heavy atom. The number of anilines is 1. The van der Waals surface area contributed by atoms with Gasteiger partial charge in [0.25, 0.3) is 0 Å². The Bertz CT molecular complexity index is 396. The van der Waals surface area contributed by atoms with E-state index in [1.165, 1.54) is 0 Å². The van der Waals surface area contributed by atoms with E-state index in [4.69, 9.17) is 5.73 Å². The van der Waals surface area contributed by atoms with Crippen LogP contribution in [-0.4, -0.2) is 17.6 Å². The summed E-state index contributed by atoms with van der Waals surface area (Å²) in [6.07, 6.45) is 1.15. The Kier molecular flexibility index (Phi) is 5.44. The zero-order valence-electron chi connectivity index (χ0n) is 9.74. The third kappa shape index (κ3) is 4.36. The van der Waals surface area contributed by atoms with Gasteiger partial charge >= 0.3 is 0 Å². The van der Waals surface area contributed by atoms with Crippen LogP contribution in [0, 0.1) is 5.92 Å². The molecule has 1 atom stereocenters. The minimum atomic E-state index is -0.112. The maximum Gasteiger partial charge on any atom is 0.224 e. The summed E-state index contributed by atoms with van der Waals surface area (Å²) in [5, 5.41) is 12.4. The molecule has 0 aliphatic rings. The number of aromatic hydroxyl groups is 1. The molecule has 0 radical (unpaired) electrons. The van der Waals surface area contributed by atoms with E-state index < -0.39 is 0 Å². The van der Waals surface area contributed by atoms with Gasteiger partial charge in [0.1, 0.15) is 0 Å². The third-order valence-corrected chi connectivity index (χ3v) is 3.17. The third-order valence-electron chi connectivity index (χ3n) is 2.53. The normalized spacial score (nSPS) is 12.2. The van der Waals surface area contributed by atoms with Crippen molar-refractivity contribution in [1.82, 2.24) is 0 Å². The van der Waals surface area contributed by atoms with Crippen LogP contribution >= 0.6 is 15.9 Å². The molecule has 4 nitrogen and oxygen atoms in total. The SMILES string of the molecule is CC(CN)CCC(=O)Nc1cccc(Br)c1O. The van der Waals surface area contributed by atoms with Crippen LogP contribution in [0.15, 0.2) is 22.7 Å². The molecule has 94 valence electrons. The zero-order valence-corrected chi connectivity index (χ0v) is 11.3. The number of hydrogen-bond acceptors (Lipinski definition) is 3. The van der Waals surface area contributed by atoms with Crippen LogP contribution < -0.4 is 11.1 Å². The second-order valence-corrected chi connectivity index (χ2v) is 4.92. The molecule has 0 aliphatic heterocycles. The van der Waals surface area contributed by atoms with E-state index in [0.29, 0.717) is 29.0 Å². The molecular formula is C12H17BrN2O2. The Balaban J connectivity index is 2.54. The first-order chi connectivity index (χ1) is 8.04. The smallest absolute Gasteiger partial charge is 0.224 e. The van der Waals surface area contributed by atoms with Gasteiger partial charge in [-0.05, 0) is 46.9 Å². The fourth-order valence-electron chi connectivity index (χ4n) is 1.32. The van der Waals surface area contributed by atoms with Gasteiger partial charge in [0.05, 0.1) is 10.2 Å². The van der Waals surface area contributed by atoms with Crippen LogP contribution in [0.5, 0.6) is 5.75 Å². The number of amides is 1. The Morgan fingerprint density at radius 2 is 2.29 bits per heavy atom. The lowest BCUT2D eigenvalue weighted by molar-refractivity contribution is -0.116. The van der Waals surface area contributed by atoms with Crippen molar-refractivity contribution in [2.45, 2.75) is 19.8 Å². The number of para-hydroxylation sites is 1. The number of rotatable bonds is 5. The average molecular weight is 301 g/mol. The molecule has 1 aromatic carbocycles. The van der Waals surface area contributed by atoms with Crippen LogP contribution in [-0.2, 0) is 4.79 Å². The second kappa shape index (κ2) is 6.61. The summed E-state index contributed by atoms with van der Waals surface area (Å²) in [4.78, 5) is 11.6. The quantitative estimate of drug-likeness (QED) is 0.731. The van der Waals surface area contributed by atoms with Crippen molar-refractivity contribution in [2.24, 2.45) is 11.7 Å². The summed E-state index contributed by atoms with van der Waals surface area (Å²) in [6.45, 7) is 2.58. The van der Waals surface area contributed by atoms with Crippen LogP contribution in [0.3, 0.4) is 0 Å². The van der Waals surface area contributed by atoms with Gasteiger partial charge in [-0.3, -0.25) is 4.79 Å². The largest absolute Gasteiger partial charge is 0.505 e. The fourth-order valence-corrected chi connectivity index (χ4v) is 1.69. The predicted molar refractivity (Wildman–Crippen MR) is 71.9 cm³/mol. The molecule has 0 fully saturated rings. The number of phenols is 1. The summed E-state index contributed by atoms with van der Waals surface area (Å²) in [5.41, 5.74) is 5.90. The van der Waals surface area contributed by atoms with Gasteiger partial charge < -0.3 is 16.2 Å². The van der Waals surface area contributed by atoms with Crippen molar-refractivity contribution in [3.05, 3.63) is 22.7 Å². The summed E-state index contributed by atoms with van der Waals surface area (Å²) in [7, 11) is 0. The average Bonchev–Trinajstić information content (AvgIpc) is 2.32. The summed E-state index contributed by atoms with van der Waals surface area (Å²) in [5.74, 6) is 0.267. The Morgan fingerprint density at radius 1 is 1.59 bits per heavy atom. The number of carbonyl (C=O) groups is 1. The van der Waals surface area contributed by atoms with E-state index in [1.807, 2.05) is 6.92 Å². The van der Waals surface area contributed by atoms with Gasteiger partial charge in [-0.25, -0.2) is 0 Å². The van der Waals surface area contributed by atoms with Crippen LogP contribution in [0.1, 0.15) is 19.8 Å². The number of benzene rings is 1. The van der Waals surface area contributed by atoms with Crippen molar-refractivity contribution in [2.75, 3.05) is 11.9 Å². The van der Waals surface area contributed by atoms with Gasteiger partial charge in [0.2, 0.25) is 5.91 Å². The maximum absolute atomic E-state index is 11.6. The van der Waals surface area contributed by atoms with E-state index >= 15 is 0 Å². The minimum absolute atomic E-state index is 0.0488. The van der Waals surface area contributed by atoms with Gasteiger partial charge in [-0.1, -0.05) is 13.0 Å². The summed E-state index contributed by atoms with van der Waals surface area (Å²) >= 11 is 3.19. The molecule has 4 N–H and O–H groups in total. The summed E-state index contributed by atoms with van der Waals surface area (Å²) < 4.78 is 0.561. The number of phenolic OH excluding ortho intramolecular Hbond substituents is 1. The molecular weight excluding hydrogens is 284 g/mol. The van der Waals surface area contributed by atoms with Crippen LogP contribution in [0.4, 0.5) is 5.69 Å². The minimum Gasteiger partial charge on any atom is -0.505 e. The second-order valence-electron chi connectivity index (χ2n) is 4.06. The molecule has 0 saturated carbocycles. The van der Waals surface area contributed by atoms with Gasteiger partial charge in [-0.2, -0.15) is 0 Å². The van der Waals surface area contributed by atoms with Gasteiger partial charge in [0.15, 0.2) is 5.75 Å². The van der Waals surface area contributed by atoms with Crippen LogP contribution in [0.2, 0.25) is 0 Å². The highest BCUT2D eigenvalue weighted by Crippen LogP contribution is 2.31. The van der Waals surface area contributed by atoms with Gasteiger partial charge in [0, 0.05) is 6.42 Å². The van der Waals surface area contributed by atoms with E-state index in [9.17, 15) is 9.90 Å². The molecule has 0 saturated heterocycles. The first-order valence-electron chi connectivity index (χ1n) is 5.52. The first kappa shape index (κ1) is 14.0. The number of nitrogens with two attached hydrogens (primary N) is 1. The highest BCUT2D eigenvalue weighted by molar-refractivity contribution is 9.10. The number of halogens is 1. The van der Waals surface area contributed by atoms with Crippen LogP contribution in [0.25, 0.3) is 0 Å². The molecule has 0 bridgehead atoms. The van der Waals surface area contributed by atoms with Crippen molar-refractivity contribution in [3.63, 3.8) is 0 Å². The Hall–Kier alpha value is -1.07. The van der Waals surface area contributed by atoms with E-state index in [1.54, 1.807) is 18.2 Å². The van der Waals surface area contributed by atoms with Gasteiger partial charge in [-0.15, -0.1) is 0 Å². The van der Waals surface area contributed by atoms with Crippen molar-refractivity contribution < 1.29 is 9.90 Å². The Labute approximate surface area is 109 Å². The molecule has 0 aromatic heterocycles. The topological polar surface area (TPSA) is 75.4 Å². The molecule has 5 heteroatoms. The molecule has 17 heavy (non-hydrogen) atoms. The predicted octanol–water partition coefficient (Wildman–Crippen LogP) is 2.47. The molecule has 1 amide bonds. The lowest BCUT2D eigenvalue weighted by Crippen LogP contribution is -2.16. The van der Waals surface area contributed by atoms with E-state index in [2.05, 4.69) is 21.2 Å². The van der Waals surface area contributed by atoms with E-state index in [-0.39, 0.29) is 11.7 Å². The van der Waals surface area contributed by atoms with Crippen molar-refractivity contribution in [1.29, 1.82) is 0 Å². The number of carbonyl (C=O) groups excluding carboxylic acids is 1. The molecule has 1 rings (SSSR count). The van der Waals surface area contributed by atoms with Crippen molar-refractivity contribution in [3.8, 4) is 5.75 Å². The summed E-state index contributed by atoms with van der Waals surface area (Å²) in [6, 6.07) is 5.12. The zero-order chi connectivity index (χ0) is 12.8. The highest BCUT2D eigenvalue weighted by Gasteiger charge is 2.09. The van der Waals surface area contributed by atoms with Crippen molar-refractivity contribution >= 4 is 27.5 Å². The monoisotopic (exact) mass is 300 g/mol. The standard InChI is InChI=1S/C12H17BrN2O2/c1-8(7-14)5-6-11(16)15-10-4-2-3-9(13)12(10)17/h2-4,8,17H,5-7,14H2,1H3,(H,15,16). The maximum atomic E-state index is 11.6. The lowest BCUT2D eigenvalue weighted by atomic mass is 10.1. The molecule has 0 heterocycles. The lowest BCUT2D eigenvalue weighted by Gasteiger charge is -2.10. The van der Waals surface area contributed by atoms with E-state index in [0.717, 1.165) is 6.42 Å². The first-order valence-corrected chi connectivity index (χ1v) is 6.31. The highest BCUT2D eigenvalue weighted by atomic mass is 79.9. The number of hydrogen-bond donors (Lipinski definition) is 3. The fraction of sp³-hybridized carbons (Fsp3) is 0.417. The molecule has 1 aromatic rings. The number of nitrogens with one attached hydrogen (secondary N) is 1. The molecule has 0 spiro atoms. The molecule has 0 aliphatic carbocycles.